The van der Waals surface area contributed by atoms with Crippen molar-refractivity contribution in [2.75, 3.05) is 13.2 Å². The Kier molecular flexibility index (Phi) is 6.86. The number of aromatic nitrogens is 1. The molecule has 1 atom stereocenters. The summed E-state index contributed by atoms with van der Waals surface area (Å²) in [5.41, 5.74) is 2.99. The zero-order chi connectivity index (χ0) is 25.1. The molecule has 0 fully saturated rings. The van der Waals surface area contributed by atoms with E-state index < -0.39 is 17.9 Å². The molecule has 0 aliphatic carbocycles. The van der Waals surface area contributed by atoms with Crippen LogP contribution in [0.25, 0.3) is 5.70 Å². The molecule has 0 radical (unpaired) electrons. The molecule has 2 aromatic rings. The summed E-state index contributed by atoms with van der Waals surface area (Å²) in [6.07, 6.45) is 1.56. The van der Waals surface area contributed by atoms with Gasteiger partial charge in [0, 0.05) is 17.5 Å². The Hall–Kier alpha value is -4.14. The molecule has 1 aromatic carbocycles. The minimum absolute atomic E-state index is 0.0296. The van der Waals surface area contributed by atoms with Crippen LogP contribution < -0.4 is 0 Å². The standard InChI is InChI=1S/C26H25N3O6/c1-4-34-25(32)17-12-21(26(33)35-5-2)22(27-13-17)16-10-15(3)28-18(11-16)14-29-23(30)19-8-6-7-9-20(19)24(29)31/h6-11,13,17H,4-5,12,14H2,1-3H3. The fraction of sp³-hybridized carbons (Fsp3) is 0.308. The highest BCUT2D eigenvalue weighted by Gasteiger charge is 2.35. The van der Waals surface area contributed by atoms with Crippen molar-refractivity contribution in [3.8, 4) is 0 Å². The lowest BCUT2D eigenvalue weighted by atomic mass is 9.93. The van der Waals surface area contributed by atoms with Crippen molar-refractivity contribution >= 4 is 35.7 Å². The Morgan fingerprint density at radius 3 is 2.31 bits per heavy atom. The number of benzene rings is 1. The van der Waals surface area contributed by atoms with Crippen LogP contribution in [0.4, 0.5) is 0 Å². The molecule has 180 valence electrons. The highest BCUT2D eigenvalue weighted by molar-refractivity contribution is 6.21. The summed E-state index contributed by atoms with van der Waals surface area (Å²) in [4.78, 5) is 60.6. The third kappa shape index (κ3) is 4.75. The van der Waals surface area contributed by atoms with Gasteiger partial charge in [-0.1, -0.05) is 12.1 Å². The first kappa shape index (κ1) is 24.0. The van der Waals surface area contributed by atoms with Gasteiger partial charge in [-0.15, -0.1) is 0 Å². The second kappa shape index (κ2) is 10.0. The average Bonchev–Trinajstić information content (AvgIpc) is 3.08. The van der Waals surface area contributed by atoms with E-state index in [0.717, 1.165) is 4.90 Å². The van der Waals surface area contributed by atoms with E-state index in [1.807, 2.05) is 0 Å². The normalized spacial score (nSPS) is 17.0. The number of carbonyl (C=O) groups is 4. The number of fused-ring (bicyclic) bond motifs is 1. The van der Waals surface area contributed by atoms with Crippen molar-refractivity contribution in [3.63, 3.8) is 0 Å². The maximum Gasteiger partial charge on any atom is 0.336 e. The second-order valence-electron chi connectivity index (χ2n) is 8.12. The van der Waals surface area contributed by atoms with E-state index >= 15 is 0 Å². The van der Waals surface area contributed by atoms with Gasteiger partial charge >= 0.3 is 11.9 Å². The van der Waals surface area contributed by atoms with Crippen molar-refractivity contribution in [1.29, 1.82) is 0 Å². The van der Waals surface area contributed by atoms with Gasteiger partial charge in [0.05, 0.1) is 53.8 Å². The first-order chi connectivity index (χ1) is 16.8. The van der Waals surface area contributed by atoms with Crippen LogP contribution in [0.3, 0.4) is 0 Å². The van der Waals surface area contributed by atoms with Gasteiger partial charge in [0.25, 0.3) is 11.8 Å². The van der Waals surface area contributed by atoms with E-state index in [0.29, 0.717) is 33.8 Å². The molecule has 0 saturated heterocycles. The van der Waals surface area contributed by atoms with Crippen LogP contribution >= 0.6 is 0 Å². The summed E-state index contributed by atoms with van der Waals surface area (Å²) < 4.78 is 10.3. The summed E-state index contributed by atoms with van der Waals surface area (Å²) in [5.74, 6) is -2.48. The average molecular weight is 476 g/mol. The molecule has 4 rings (SSSR count). The van der Waals surface area contributed by atoms with Gasteiger partial charge in [0.2, 0.25) is 0 Å². The highest BCUT2D eigenvalue weighted by Crippen LogP contribution is 2.31. The first-order valence-electron chi connectivity index (χ1n) is 11.4. The Bertz CT molecular complexity index is 1240. The summed E-state index contributed by atoms with van der Waals surface area (Å²) in [6.45, 7) is 5.54. The van der Waals surface area contributed by atoms with Crippen LogP contribution in [0.15, 0.2) is 47.0 Å². The molecular formula is C26H25N3O6. The number of amides is 2. The number of ether oxygens (including phenoxy) is 2. The van der Waals surface area contributed by atoms with E-state index in [-0.39, 0.29) is 43.6 Å². The third-order valence-electron chi connectivity index (χ3n) is 5.68. The lowest BCUT2D eigenvalue weighted by Crippen LogP contribution is -2.29. The van der Waals surface area contributed by atoms with Gasteiger partial charge < -0.3 is 9.47 Å². The number of imide groups is 1. The second-order valence-corrected chi connectivity index (χ2v) is 8.12. The largest absolute Gasteiger partial charge is 0.465 e. The predicted molar refractivity (Wildman–Crippen MR) is 126 cm³/mol. The number of esters is 2. The quantitative estimate of drug-likeness (QED) is 0.446. The van der Waals surface area contributed by atoms with Gasteiger partial charge in [-0.2, -0.15) is 0 Å². The highest BCUT2D eigenvalue weighted by atomic mass is 16.5. The lowest BCUT2D eigenvalue weighted by molar-refractivity contribution is -0.145. The topological polar surface area (TPSA) is 115 Å². The number of aryl methyl sites for hydroxylation is 1. The molecule has 35 heavy (non-hydrogen) atoms. The third-order valence-corrected chi connectivity index (χ3v) is 5.68. The van der Waals surface area contributed by atoms with E-state index in [9.17, 15) is 19.2 Å². The van der Waals surface area contributed by atoms with Gasteiger partial charge in [-0.25, -0.2) is 4.79 Å². The van der Waals surface area contributed by atoms with Crippen molar-refractivity contribution < 1.29 is 28.7 Å². The van der Waals surface area contributed by atoms with Crippen LogP contribution in [0.5, 0.6) is 0 Å². The van der Waals surface area contributed by atoms with Gasteiger partial charge in [-0.05, 0) is 51.5 Å². The van der Waals surface area contributed by atoms with Crippen LogP contribution in [-0.2, 0) is 25.6 Å². The number of rotatable bonds is 7. The van der Waals surface area contributed by atoms with E-state index in [4.69, 9.17) is 9.47 Å². The zero-order valence-corrected chi connectivity index (χ0v) is 19.7. The van der Waals surface area contributed by atoms with E-state index in [2.05, 4.69) is 9.98 Å². The molecule has 2 aliphatic heterocycles. The van der Waals surface area contributed by atoms with Crippen LogP contribution in [0.2, 0.25) is 0 Å². The summed E-state index contributed by atoms with van der Waals surface area (Å²) in [7, 11) is 0. The number of aliphatic imine (C=N–C) groups is 1. The van der Waals surface area contributed by atoms with Crippen LogP contribution in [0, 0.1) is 12.8 Å². The lowest BCUT2D eigenvalue weighted by Gasteiger charge is -2.21. The molecule has 2 amide bonds. The number of hydrogen-bond donors (Lipinski definition) is 0. The number of hydrogen-bond acceptors (Lipinski definition) is 8. The molecule has 2 aliphatic rings. The monoisotopic (exact) mass is 475 g/mol. The molecule has 0 bridgehead atoms. The number of nitrogens with zero attached hydrogens (tertiary/aromatic N) is 3. The van der Waals surface area contributed by atoms with Crippen molar-refractivity contribution in [2.24, 2.45) is 10.9 Å². The Labute approximate surface area is 202 Å². The minimum atomic E-state index is -0.696. The van der Waals surface area contributed by atoms with E-state index in [1.54, 1.807) is 57.2 Å². The number of pyridine rings is 1. The van der Waals surface area contributed by atoms with Crippen molar-refractivity contribution in [1.82, 2.24) is 9.88 Å². The van der Waals surface area contributed by atoms with Gasteiger partial charge in [0.15, 0.2) is 0 Å². The Morgan fingerprint density at radius 2 is 1.69 bits per heavy atom. The molecule has 1 aromatic heterocycles. The summed E-state index contributed by atoms with van der Waals surface area (Å²) in [6, 6.07) is 10.1. The molecule has 1 unspecified atom stereocenters. The fourth-order valence-corrected chi connectivity index (χ4v) is 4.15. The summed E-state index contributed by atoms with van der Waals surface area (Å²) >= 11 is 0. The van der Waals surface area contributed by atoms with Gasteiger partial charge in [0.1, 0.15) is 0 Å². The molecule has 0 N–H and O–H groups in total. The van der Waals surface area contributed by atoms with Gasteiger partial charge in [-0.3, -0.25) is 29.3 Å². The molecule has 3 heterocycles. The smallest absolute Gasteiger partial charge is 0.336 e. The molecule has 9 heteroatoms. The minimum Gasteiger partial charge on any atom is -0.465 e. The Balaban J connectivity index is 1.67. The SMILES string of the molecule is CCOC(=O)C1=C(c2cc(C)nc(CN3C(=O)c4ccccc4C3=O)c2)N=CC(C(=O)OCC)C1. The fourth-order valence-electron chi connectivity index (χ4n) is 4.15. The number of carbonyl (C=O) groups excluding carboxylic acids is 4. The van der Waals surface area contributed by atoms with Crippen LogP contribution in [-0.4, -0.2) is 53.1 Å². The molecular weight excluding hydrogens is 450 g/mol. The van der Waals surface area contributed by atoms with Crippen molar-refractivity contribution in [2.45, 2.75) is 33.7 Å². The molecule has 0 spiro atoms. The van der Waals surface area contributed by atoms with Crippen LogP contribution in [0.1, 0.15) is 57.9 Å². The van der Waals surface area contributed by atoms with Crippen molar-refractivity contribution in [3.05, 3.63) is 70.0 Å². The first-order valence-corrected chi connectivity index (χ1v) is 11.4. The molecule has 0 saturated carbocycles. The van der Waals surface area contributed by atoms with E-state index in [1.165, 1.54) is 6.21 Å². The maximum atomic E-state index is 12.8. The Morgan fingerprint density at radius 1 is 1.03 bits per heavy atom. The zero-order valence-electron chi connectivity index (χ0n) is 19.7. The summed E-state index contributed by atoms with van der Waals surface area (Å²) in [5, 5.41) is 0. The molecule has 9 nitrogen and oxygen atoms in total. The maximum absolute atomic E-state index is 12.8. The predicted octanol–water partition coefficient (Wildman–Crippen LogP) is 3.11.